The van der Waals surface area contributed by atoms with Crippen molar-refractivity contribution in [2.75, 3.05) is 0 Å². The number of hydrogen-bond acceptors (Lipinski definition) is 1. The Labute approximate surface area is 56.7 Å². The minimum absolute atomic E-state index is 0.353. The van der Waals surface area contributed by atoms with Gasteiger partial charge in [0, 0.05) is 0 Å². The predicted molar refractivity (Wildman–Crippen MR) is 40.3 cm³/mol. The maximum atomic E-state index is 8.77. The maximum absolute atomic E-state index is 8.77. The topological polar surface area (TPSA) is 20.2 Å². The molecule has 52 valence electrons. The van der Waals surface area contributed by atoms with Crippen LogP contribution in [0.1, 0.15) is 20.3 Å². The zero-order valence-electron chi connectivity index (χ0n) is 6.09. The minimum atomic E-state index is -0.353. The molecule has 1 N–H and O–H groups in total. The largest absolute Gasteiger partial charge is 0.389 e. The van der Waals surface area contributed by atoms with E-state index in [0.717, 1.165) is 12.0 Å². The molecule has 0 aliphatic rings. The lowest BCUT2D eigenvalue weighted by atomic mass is 10.2. The van der Waals surface area contributed by atoms with Crippen molar-refractivity contribution in [3.63, 3.8) is 0 Å². The fraction of sp³-hybridized carbons (Fsp3) is 0.500. The van der Waals surface area contributed by atoms with E-state index < -0.39 is 0 Å². The van der Waals surface area contributed by atoms with Gasteiger partial charge in [0.05, 0.1) is 6.10 Å². The zero-order chi connectivity index (χ0) is 7.28. The third-order valence-electron chi connectivity index (χ3n) is 1.06. The molecule has 0 fully saturated rings. The van der Waals surface area contributed by atoms with Crippen molar-refractivity contribution in [3.05, 3.63) is 24.3 Å². The van der Waals surface area contributed by atoms with Gasteiger partial charge in [0.1, 0.15) is 0 Å². The molecule has 1 atom stereocenters. The molecule has 0 spiro atoms. The van der Waals surface area contributed by atoms with E-state index in [-0.39, 0.29) is 6.10 Å². The Hall–Kier alpha value is -0.560. The van der Waals surface area contributed by atoms with Crippen molar-refractivity contribution in [1.29, 1.82) is 0 Å². The van der Waals surface area contributed by atoms with E-state index in [1.807, 2.05) is 13.0 Å². The first-order chi connectivity index (χ1) is 4.16. The summed E-state index contributed by atoms with van der Waals surface area (Å²) in [6.45, 7) is 7.51. The van der Waals surface area contributed by atoms with E-state index >= 15 is 0 Å². The van der Waals surface area contributed by atoms with Crippen LogP contribution in [0.15, 0.2) is 24.3 Å². The average molecular weight is 126 g/mol. The van der Waals surface area contributed by atoms with E-state index in [9.17, 15) is 0 Å². The Bertz CT molecular complexity index is 112. The van der Waals surface area contributed by atoms with Gasteiger partial charge < -0.3 is 5.11 Å². The number of rotatable bonds is 3. The Morgan fingerprint density at radius 2 is 2.33 bits per heavy atom. The Morgan fingerprint density at radius 3 is 2.67 bits per heavy atom. The fourth-order valence-corrected chi connectivity index (χ4v) is 0.393. The van der Waals surface area contributed by atoms with Crippen LogP contribution in [-0.4, -0.2) is 11.2 Å². The highest BCUT2D eigenvalue weighted by molar-refractivity contribution is 5.14. The SMILES string of the molecule is C=C(C=CC(C)O)CC. The average Bonchev–Trinajstić information content (AvgIpc) is 1.83. The van der Waals surface area contributed by atoms with E-state index in [1.165, 1.54) is 0 Å². The molecule has 0 aliphatic heterocycles. The van der Waals surface area contributed by atoms with Crippen LogP contribution in [0, 0.1) is 0 Å². The molecule has 0 aromatic heterocycles. The molecular weight excluding hydrogens is 112 g/mol. The molecule has 9 heavy (non-hydrogen) atoms. The molecule has 0 saturated carbocycles. The number of hydrogen-bond donors (Lipinski definition) is 1. The quantitative estimate of drug-likeness (QED) is 0.572. The van der Waals surface area contributed by atoms with E-state index in [4.69, 9.17) is 5.11 Å². The summed E-state index contributed by atoms with van der Waals surface area (Å²) < 4.78 is 0. The third kappa shape index (κ3) is 5.31. The van der Waals surface area contributed by atoms with Gasteiger partial charge in [-0.3, -0.25) is 0 Å². The highest BCUT2D eigenvalue weighted by Crippen LogP contribution is 1.98. The summed E-state index contributed by atoms with van der Waals surface area (Å²) in [6.07, 6.45) is 4.17. The molecule has 0 aromatic carbocycles. The predicted octanol–water partition coefficient (Wildman–Crippen LogP) is 1.89. The Morgan fingerprint density at radius 1 is 1.78 bits per heavy atom. The van der Waals surface area contributed by atoms with Gasteiger partial charge in [-0.25, -0.2) is 0 Å². The van der Waals surface area contributed by atoms with Gasteiger partial charge in [-0.15, -0.1) is 0 Å². The first-order valence-corrected chi connectivity index (χ1v) is 3.21. The zero-order valence-corrected chi connectivity index (χ0v) is 6.09. The maximum Gasteiger partial charge on any atom is 0.0695 e. The standard InChI is InChI=1S/C8H14O/c1-4-7(2)5-6-8(3)9/h5-6,8-9H,2,4H2,1,3H3. The minimum Gasteiger partial charge on any atom is -0.389 e. The lowest BCUT2D eigenvalue weighted by Crippen LogP contribution is -1.91. The number of aliphatic hydroxyl groups is 1. The number of aliphatic hydroxyl groups excluding tert-OH is 1. The lowest BCUT2D eigenvalue weighted by molar-refractivity contribution is 0.244. The third-order valence-corrected chi connectivity index (χ3v) is 1.06. The highest BCUT2D eigenvalue weighted by Gasteiger charge is 1.85. The monoisotopic (exact) mass is 126 g/mol. The summed E-state index contributed by atoms with van der Waals surface area (Å²) in [4.78, 5) is 0. The Balaban J connectivity index is 3.57. The van der Waals surface area contributed by atoms with Crippen molar-refractivity contribution in [2.45, 2.75) is 26.4 Å². The normalized spacial score (nSPS) is 14.1. The molecular formula is C8H14O. The smallest absolute Gasteiger partial charge is 0.0695 e. The molecule has 0 amide bonds. The van der Waals surface area contributed by atoms with Crippen molar-refractivity contribution in [1.82, 2.24) is 0 Å². The molecule has 1 unspecified atom stereocenters. The van der Waals surface area contributed by atoms with Gasteiger partial charge in [0.25, 0.3) is 0 Å². The Kier molecular flexibility index (Phi) is 4.06. The molecule has 0 heterocycles. The lowest BCUT2D eigenvalue weighted by Gasteiger charge is -1.93. The van der Waals surface area contributed by atoms with Crippen molar-refractivity contribution < 1.29 is 5.11 Å². The highest BCUT2D eigenvalue weighted by atomic mass is 16.3. The van der Waals surface area contributed by atoms with Crippen LogP contribution in [-0.2, 0) is 0 Å². The van der Waals surface area contributed by atoms with Crippen molar-refractivity contribution in [2.24, 2.45) is 0 Å². The molecule has 1 nitrogen and oxygen atoms in total. The van der Waals surface area contributed by atoms with Gasteiger partial charge >= 0.3 is 0 Å². The van der Waals surface area contributed by atoms with Crippen LogP contribution in [0.3, 0.4) is 0 Å². The summed E-state index contributed by atoms with van der Waals surface area (Å²) in [5, 5.41) is 8.77. The second-order valence-electron chi connectivity index (χ2n) is 2.11. The molecule has 0 radical (unpaired) electrons. The van der Waals surface area contributed by atoms with Crippen LogP contribution < -0.4 is 0 Å². The molecule has 0 aromatic rings. The van der Waals surface area contributed by atoms with Crippen molar-refractivity contribution >= 4 is 0 Å². The number of allylic oxidation sites excluding steroid dienone is 2. The molecule has 0 aliphatic carbocycles. The van der Waals surface area contributed by atoms with E-state index in [0.29, 0.717) is 0 Å². The second kappa shape index (κ2) is 4.33. The van der Waals surface area contributed by atoms with Gasteiger partial charge in [-0.2, -0.15) is 0 Å². The molecule has 0 saturated heterocycles. The molecule has 0 rings (SSSR count). The van der Waals surface area contributed by atoms with Gasteiger partial charge in [0.2, 0.25) is 0 Å². The summed E-state index contributed by atoms with van der Waals surface area (Å²) >= 11 is 0. The van der Waals surface area contributed by atoms with Crippen LogP contribution in [0.2, 0.25) is 0 Å². The van der Waals surface area contributed by atoms with Crippen LogP contribution in [0.5, 0.6) is 0 Å². The van der Waals surface area contributed by atoms with Crippen LogP contribution in [0.25, 0.3) is 0 Å². The summed E-state index contributed by atoms with van der Waals surface area (Å²) in [5.74, 6) is 0. The first kappa shape index (κ1) is 8.44. The van der Waals surface area contributed by atoms with Crippen molar-refractivity contribution in [3.8, 4) is 0 Å². The summed E-state index contributed by atoms with van der Waals surface area (Å²) in [7, 11) is 0. The van der Waals surface area contributed by atoms with Gasteiger partial charge in [0.15, 0.2) is 0 Å². The fourth-order valence-electron chi connectivity index (χ4n) is 0.393. The van der Waals surface area contributed by atoms with Gasteiger partial charge in [-0.1, -0.05) is 31.2 Å². The summed E-state index contributed by atoms with van der Waals surface area (Å²) in [6, 6.07) is 0. The van der Waals surface area contributed by atoms with Crippen LogP contribution >= 0.6 is 0 Å². The first-order valence-electron chi connectivity index (χ1n) is 3.21. The molecule has 0 bridgehead atoms. The van der Waals surface area contributed by atoms with E-state index in [2.05, 4.69) is 6.58 Å². The van der Waals surface area contributed by atoms with E-state index in [1.54, 1.807) is 13.0 Å². The second-order valence-corrected chi connectivity index (χ2v) is 2.11. The van der Waals surface area contributed by atoms with Gasteiger partial charge in [-0.05, 0) is 13.3 Å². The molecule has 1 heteroatoms. The summed E-state index contributed by atoms with van der Waals surface area (Å²) in [5.41, 5.74) is 1.05. The van der Waals surface area contributed by atoms with Crippen LogP contribution in [0.4, 0.5) is 0 Å².